The van der Waals surface area contributed by atoms with E-state index in [0.717, 1.165) is 12.0 Å². The summed E-state index contributed by atoms with van der Waals surface area (Å²) in [5.41, 5.74) is 4.03. The van der Waals surface area contributed by atoms with E-state index >= 15 is 0 Å². The standard InChI is InChI=1S/C22H24O3/c1-16(2)8-9-17-6-5-7-18(14-17)10-13-21(23)20-12-11-19(24-3)15-22(20)25-4/h5-8,10-15H,9H2,1-4H3/b13-10+. The van der Waals surface area contributed by atoms with Gasteiger partial charge in [0.15, 0.2) is 5.78 Å². The van der Waals surface area contributed by atoms with E-state index in [1.165, 1.54) is 11.1 Å². The predicted molar refractivity (Wildman–Crippen MR) is 102 cm³/mol. The van der Waals surface area contributed by atoms with Crippen molar-refractivity contribution in [3.63, 3.8) is 0 Å². The van der Waals surface area contributed by atoms with E-state index in [2.05, 4.69) is 32.1 Å². The van der Waals surface area contributed by atoms with Crippen LogP contribution in [0.15, 0.2) is 60.2 Å². The lowest BCUT2D eigenvalue weighted by molar-refractivity contribution is 0.104. The van der Waals surface area contributed by atoms with Gasteiger partial charge in [-0.2, -0.15) is 0 Å². The molecule has 0 saturated heterocycles. The molecule has 0 aromatic heterocycles. The Morgan fingerprint density at radius 3 is 2.52 bits per heavy atom. The number of rotatable bonds is 7. The second-order valence-electron chi connectivity index (χ2n) is 5.99. The molecule has 130 valence electrons. The molecule has 0 bridgehead atoms. The maximum Gasteiger partial charge on any atom is 0.189 e. The zero-order valence-corrected chi connectivity index (χ0v) is 15.2. The van der Waals surface area contributed by atoms with Gasteiger partial charge < -0.3 is 9.47 Å². The molecule has 2 aromatic carbocycles. The molecule has 3 nitrogen and oxygen atoms in total. The molecule has 0 atom stereocenters. The Hall–Kier alpha value is -2.81. The maximum absolute atomic E-state index is 12.5. The fourth-order valence-corrected chi connectivity index (χ4v) is 2.41. The molecule has 3 heteroatoms. The van der Waals surface area contributed by atoms with Crippen molar-refractivity contribution >= 4 is 11.9 Å². The van der Waals surface area contributed by atoms with Gasteiger partial charge in [0.25, 0.3) is 0 Å². The van der Waals surface area contributed by atoms with Crippen molar-refractivity contribution in [3.8, 4) is 11.5 Å². The van der Waals surface area contributed by atoms with Crippen molar-refractivity contribution in [2.45, 2.75) is 20.3 Å². The Balaban J connectivity index is 2.18. The summed E-state index contributed by atoms with van der Waals surface area (Å²) in [6.07, 6.45) is 6.49. The minimum absolute atomic E-state index is 0.103. The van der Waals surface area contributed by atoms with Gasteiger partial charge in [-0.1, -0.05) is 42.0 Å². The third-order valence-electron chi connectivity index (χ3n) is 3.80. The first-order chi connectivity index (χ1) is 12.0. The Labute approximate surface area is 149 Å². The van der Waals surface area contributed by atoms with E-state index in [9.17, 15) is 4.79 Å². The van der Waals surface area contributed by atoms with Crippen LogP contribution in [0.5, 0.6) is 11.5 Å². The third-order valence-corrected chi connectivity index (χ3v) is 3.80. The van der Waals surface area contributed by atoms with Crippen LogP contribution in [0.3, 0.4) is 0 Å². The van der Waals surface area contributed by atoms with Gasteiger partial charge in [0.05, 0.1) is 19.8 Å². The van der Waals surface area contributed by atoms with E-state index < -0.39 is 0 Å². The van der Waals surface area contributed by atoms with Crippen LogP contribution in [0.2, 0.25) is 0 Å². The highest BCUT2D eigenvalue weighted by Gasteiger charge is 2.10. The lowest BCUT2D eigenvalue weighted by Crippen LogP contribution is -1.99. The minimum atomic E-state index is -0.103. The second kappa shape index (κ2) is 8.88. The fourth-order valence-electron chi connectivity index (χ4n) is 2.41. The molecule has 2 aromatic rings. The van der Waals surface area contributed by atoms with Crippen molar-refractivity contribution in [2.24, 2.45) is 0 Å². The maximum atomic E-state index is 12.5. The highest BCUT2D eigenvalue weighted by atomic mass is 16.5. The Kier molecular flexibility index (Phi) is 6.58. The molecule has 0 unspecified atom stereocenters. The van der Waals surface area contributed by atoms with E-state index in [-0.39, 0.29) is 5.78 Å². The summed E-state index contributed by atoms with van der Waals surface area (Å²) in [5.74, 6) is 1.06. The van der Waals surface area contributed by atoms with Gasteiger partial charge in [-0.25, -0.2) is 0 Å². The number of carbonyl (C=O) groups excluding carboxylic acids is 1. The van der Waals surface area contributed by atoms with Crippen LogP contribution in [-0.2, 0) is 6.42 Å². The molecule has 0 aliphatic carbocycles. The van der Waals surface area contributed by atoms with Crippen LogP contribution in [0.25, 0.3) is 6.08 Å². The lowest BCUT2D eigenvalue weighted by atomic mass is 10.0. The average molecular weight is 336 g/mol. The van der Waals surface area contributed by atoms with Crippen molar-refractivity contribution < 1.29 is 14.3 Å². The Morgan fingerprint density at radius 1 is 1.04 bits per heavy atom. The van der Waals surface area contributed by atoms with Crippen LogP contribution in [-0.4, -0.2) is 20.0 Å². The molecule has 25 heavy (non-hydrogen) atoms. The molecule has 0 fully saturated rings. The number of ketones is 1. The topological polar surface area (TPSA) is 35.5 Å². The molecule has 0 saturated carbocycles. The van der Waals surface area contributed by atoms with Crippen LogP contribution >= 0.6 is 0 Å². The van der Waals surface area contributed by atoms with Crippen molar-refractivity contribution in [2.75, 3.05) is 14.2 Å². The Bertz CT molecular complexity index is 797. The number of hydrogen-bond acceptors (Lipinski definition) is 3. The Morgan fingerprint density at radius 2 is 1.84 bits per heavy atom. The van der Waals surface area contributed by atoms with Crippen LogP contribution < -0.4 is 9.47 Å². The summed E-state index contributed by atoms with van der Waals surface area (Å²) < 4.78 is 10.5. The highest BCUT2D eigenvalue weighted by molar-refractivity contribution is 6.08. The monoisotopic (exact) mass is 336 g/mol. The van der Waals surface area contributed by atoms with E-state index in [1.807, 2.05) is 18.2 Å². The third kappa shape index (κ3) is 5.35. The number of benzene rings is 2. The van der Waals surface area contributed by atoms with E-state index in [4.69, 9.17) is 9.47 Å². The number of ether oxygens (including phenoxy) is 2. The quantitative estimate of drug-likeness (QED) is 0.400. The molecule has 0 aliphatic heterocycles. The van der Waals surface area contributed by atoms with Gasteiger partial charge in [-0.15, -0.1) is 0 Å². The zero-order valence-electron chi connectivity index (χ0n) is 15.2. The first-order valence-electron chi connectivity index (χ1n) is 8.20. The van der Waals surface area contributed by atoms with E-state index in [1.54, 1.807) is 38.5 Å². The first kappa shape index (κ1) is 18.5. The summed E-state index contributed by atoms with van der Waals surface area (Å²) in [6.45, 7) is 4.18. The molecule has 0 heterocycles. The van der Waals surface area contributed by atoms with Gasteiger partial charge in [0.1, 0.15) is 11.5 Å². The van der Waals surface area contributed by atoms with Crippen LogP contribution in [0.4, 0.5) is 0 Å². The smallest absolute Gasteiger partial charge is 0.189 e. The SMILES string of the molecule is COc1ccc(C(=O)/C=C/c2cccc(CC=C(C)C)c2)c(OC)c1. The van der Waals surface area contributed by atoms with E-state index in [0.29, 0.717) is 17.1 Å². The zero-order chi connectivity index (χ0) is 18.2. The number of hydrogen-bond donors (Lipinski definition) is 0. The van der Waals surface area contributed by atoms with Crippen LogP contribution in [0.1, 0.15) is 35.3 Å². The van der Waals surface area contributed by atoms with Crippen molar-refractivity contribution in [1.29, 1.82) is 0 Å². The minimum Gasteiger partial charge on any atom is -0.497 e. The summed E-state index contributed by atoms with van der Waals surface area (Å²) in [4.78, 5) is 12.5. The van der Waals surface area contributed by atoms with Crippen molar-refractivity contribution in [1.82, 2.24) is 0 Å². The number of carbonyl (C=O) groups is 1. The summed E-state index contributed by atoms with van der Waals surface area (Å²) in [6, 6.07) is 13.4. The summed E-state index contributed by atoms with van der Waals surface area (Å²) >= 11 is 0. The molecule has 0 amide bonds. The van der Waals surface area contributed by atoms with Gasteiger partial charge in [0.2, 0.25) is 0 Å². The second-order valence-corrected chi connectivity index (χ2v) is 5.99. The number of methoxy groups -OCH3 is 2. The van der Waals surface area contributed by atoms with Gasteiger partial charge in [0, 0.05) is 6.07 Å². The lowest BCUT2D eigenvalue weighted by Gasteiger charge is -2.08. The summed E-state index contributed by atoms with van der Waals surface area (Å²) in [5, 5.41) is 0. The molecular formula is C22H24O3. The van der Waals surface area contributed by atoms with Gasteiger partial charge >= 0.3 is 0 Å². The predicted octanol–water partition coefficient (Wildman–Crippen LogP) is 5.11. The molecule has 0 spiro atoms. The molecular weight excluding hydrogens is 312 g/mol. The first-order valence-corrected chi connectivity index (χ1v) is 8.20. The van der Waals surface area contributed by atoms with Gasteiger partial charge in [-0.05, 0) is 49.6 Å². The van der Waals surface area contributed by atoms with Crippen molar-refractivity contribution in [3.05, 3.63) is 76.9 Å². The summed E-state index contributed by atoms with van der Waals surface area (Å²) in [7, 11) is 3.13. The average Bonchev–Trinajstić information content (AvgIpc) is 2.64. The molecule has 0 aliphatic rings. The molecule has 2 rings (SSSR count). The molecule has 0 radical (unpaired) electrons. The largest absolute Gasteiger partial charge is 0.497 e. The highest BCUT2D eigenvalue weighted by Crippen LogP contribution is 2.25. The fraction of sp³-hybridized carbons (Fsp3) is 0.227. The van der Waals surface area contributed by atoms with Crippen LogP contribution in [0, 0.1) is 0 Å². The van der Waals surface area contributed by atoms with Gasteiger partial charge in [-0.3, -0.25) is 4.79 Å². The number of allylic oxidation sites excluding steroid dienone is 3. The molecule has 0 N–H and O–H groups in total. The normalized spacial score (nSPS) is 10.6.